The third kappa shape index (κ3) is 5.66. The number of halogens is 1. The summed E-state index contributed by atoms with van der Waals surface area (Å²) < 4.78 is 5.30. The first kappa shape index (κ1) is 24.0. The van der Waals surface area contributed by atoms with Crippen molar-refractivity contribution in [3.63, 3.8) is 0 Å². The minimum absolute atomic E-state index is 0.000757. The van der Waals surface area contributed by atoms with Crippen LogP contribution < -0.4 is 4.90 Å². The fourth-order valence-corrected chi connectivity index (χ4v) is 5.34. The lowest BCUT2D eigenvalue weighted by atomic mass is 9.98. The molecule has 1 aliphatic heterocycles. The third-order valence-electron chi connectivity index (χ3n) is 6.08. The summed E-state index contributed by atoms with van der Waals surface area (Å²) in [5.74, 6) is 1.09. The molecule has 0 saturated carbocycles. The fourth-order valence-electron chi connectivity index (χ4n) is 4.34. The molecule has 3 heterocycles. The van der Waals surface area contributed by atoms with E-state index in [0.717, 1.165) is 58.0 Å². The van der Waals surface area contributed by atoms with Gasteiger partial charge in [0.2, 0.25) is 0 Å². The van der Waals surface area contributed by atoms with Gasteiger partial charge in [0.25, 0.3) is 5.91 Å². The molecule has 3 aromatic rings. The maximum absolute atomic E-state index is 13.4. The number of aliphatic hydroxyl groups is 1. The number of anilines is 1. The van der Waals surface area contributed by atoms with Crippen LogP contribution in [0.15, 0.2) is 36.4 Å². The molecule has 1 N–H and O–H groups in total. The Morgan fingerprint density at radius 1 is 1.33 bits per heavy atom. The first-order valence-corrected chi connectivity index (χ1v) is 12.5. The second-order valence-electron chi connectivity index (χ2n) is 8.57. The highest BCUT2D eigenvalue weighted by Gasteiger charge is 2.25. The summed E-state index contributed by atoms with van der Waals surface area (Å²) in [6, 6.07) is 11.7. The van der Waals surface area contributed by atoms with Crippen LogP contribution in [-0.2, 0) is 11.3 Å². The van der Waals surface area contributed by atoms with Crippen LogP contribution in [0.1, 0.15) is 33.0 Å². The van der Waals surface area contributed by atoms with Crippen LogP contribution in [0.25, 0.3) is 10.9 Å². The number of amides is 1. The number of ether oxygens (including phenoxy) is 1. The Hall–Kier alpha value is -2.19. The van der Waals surface area contributed by atoms with Crippen molar-refractivity contribution >= 4 is 45.6 Å². The molecule has 8 heteroatoms. The quantitative estimate of drug-likeness (QED) is 0.496. The average molecular weight is 488 g/mol. The number of benzene rings is 1. The van der Waals surface area contributed by atoms with Crippen LogP contribution in [0, 0.1) is 12.8 Å². The molecule has 176 valence electrons. The minimum Gasteiger partial charge on any atom is -0.396 e. The van der Waals surface area contributed by atoms with Gasteiger partial charge < -0.3 is 19.6 Å². The second-order valence-corrected chi connectivity index (χ2v) is 10.3. The maximum atomic E-state index is 13.4. The number of aromatic nitrogens is 1. The number of methoxy groups -OCH3 is 1. The lowest BCUT2D eigenvalue weighted by Crippen LogP contribution is -2.39. The first-order valence-electron chi connectivity index (χ1n) is 11.3. The van der Waals surface area contributed by atoms with Gasteiger partial charge in [-0.1, -0.05) is 17.7 Å². The molecule has 33 heavy (non-hydrogen) atoms. The Bertz CT molecular complexity index is 1120. The van der Waals surface area contributed by atoms with Crippen LogP contribution in [0.4, 0.5) is 5.82 Å². The van der Waals surface area contributed by atoms with Crippen molar-refractivity contribution in [1.82, 2.24) is 9.88 Å². The largest absolute Gasteiger partial charge is 0.396 e. The Balaban J connectivity index is 1.72. The zero-order valence-corrected chi connectivity index (χ0v) is 20.7. The summed E-state index contributed by atoms with van der Waals surface area (Å²) in [7, 11) is 1.65. The molecular weight excluding hydrogens is 458 g/mol. The lowest BCUT2D eigenvalue weighted by Gasteiger charge is -2.35. The number of piperidine rings is 1. The van der Waals surface area contributed by atoms with Gasteiger partial charge in [-0.3, -0.25) is 4.79 Å². The maximum Gasteiger partial charge on any atom is 0.264 e. The van der Waals surface area contributed by atoms with Crippen molar-refractivity contribution in [3.8, 4) is 0 Å². The van der Waals surface area contributed by atoms with Crippen molar-refractivity contribution in [2.24, 2.45) is 5.92 Å². The van der Waals surface area contributed by atoms with Gasteiger partial charge in [0.1, 0.15) is 5.82 Å². The van der Waals surface area contributed by atoms with E-state index in [1.165, 1.54) is 11.3 Å². The SMILES string of the molecule is COCCN(Cc1cc2ccc(Cl)cc2nc1N1CCC[C@@H](CO)C1)C(=O)c1ccc(C)s1. The first-order chi connectivity index (χ1) is 16.0. The highest BCUT2D eigenvalue weighted by Crippen LogP contribution is 2.30. The van der Waals surface area contributed by atoms with Gasteiger partial charge in [0.05, 0.1) is 17.0 Å². The smallest absolute Gasteiger partial charge is 0.264 e. The molecule has 2 aromatic heterocycles. The molecule has 1 amide bonds. The highest BCUT2D eigenvalue weighted by atomic mass is 35.5. The molecule has 1 saturated heterocycles. The number of aliphatic hydroxyl groups excluding tert-OH is 1. The average Bonchev–Trinajstić information content (AvgIpc) is 3.27. The predicted octanol–water partition coefficient (Wildman–Crippen LogP) is 4.76. The number of hydrogen-bond donors (Lipinski definition) is 1. The summed E-state index contributed by atoms with van der Waals surface area (Å²) in [5, 5.41) is 11.4. The molecule has 1 atom stereocenters. The summed E-state index contributed by atoms with van der Waals surface area (Å²) in [4.78, 5) is 24.3. The van der Waals surface area contributed by atoms with Crippen molar-refractivity contribution in [2.75, 3.05) is 44.9 Å². The van der Waals surface area contributed by atoms with E-state index in [1.807, 2.05) is 42.2 Å². The van der Waals surface area contributed by atoms with Crippen LogP contribution >= 0.6 is 22.9 Å². The molecule has 1 aliphatic rings. The van der Waals surface area contributed by atoms with Gasteiger partial charge in [-0.15, -0.1) is 11.3 Å². The minimum atomic E-state index is -0.000757. The van der Waals surface area contributed by atoms with Crippen LogP contribution in [0.3, 0.4) is 0 Å². The number of carbonyl (C=O) groups is 1. The zero-order chi connectivity index (χ0) is 23.4. The van der Waals surface area contributed by atoms with E-state index in [1.54, 1.807) is 7.11 Å². The predicted molar refractivity (Wildman–Crippen MR) is 134 cm³/mol. The summed E-state index contributed by atoms with van der Waals surface area (Å²) in [5.41, 5.74) is 1.82. The lowest BCUT2D eigenvalue weighted by molar-refractivity contribution is 0.0685. The van der Waals surface area contributed by atoms with Crippen molar-refractivity contribution in [3.05, 3.63) is 56.7 Å². The van der Waals surface area contributed by atoms with E-state index in [-0.39, 0.29) is 18.4 Å². The van der Waals surface area contributed by atoms with Gasteiger partial charge in [0, 0.05) is 60.7 Å². The topological polar surface area (TPSA) is 65.9 Å². The Morgan fingerprint density at radius 3 is 2.91 bits per heavy atom. The van der Waals surface area contributed by atoms with E-state index in [4.69, 9.17) is 21.3 Å². The summed E-state index contributed by atoms with van der Waals surface area (Å²) in [6.45, 7) is 5.17. The summed E-state index contributed by atoms with van der Waals surface area (Å²) in [6.07, 6.45) is 2.01. The standard InChI is InChI=1S/C25H30ClN3O3S/c1-17-5-8-23(33-17)25(31)29(10-11-32-2)15-20-12-19-6-7-21(26)13-22(19)27-24(20)28-9-3-4-18(14-28)16-30/h5-8,12-13,18,30H,3-4,9-11,14-16H2,1-2H3/t18-/m1/s1. The number of pyridine rings is 1. The monoisotopic (exact) mass is 487 g/mol. The van der Waals surface area contributed by atoms with Gasteiger partial charge >= 0.3 is 0 Å². The molecular formula is C25H30ClN3O3S. The normalized spacial score (nSPS) is 16.4. The number of thiophene rings is 1. The van der Waals surface area contributed by atoms with E-state index < -0.39 is 0 Å². The number of fused-ring (bicyclic) bond motifs is 1. The van der Waals surface area contributed by atoms with Gasteiger partial charge in [-0.2, -0.15) is 0 Å². The number of carbonyl (C=O) groups excluding carboxylic acids is 1. The molecule has 6 nitrogen and oxygen atoms in total. The second kappa shape index (κ2) is 10.8. The molecule has 0 spiro atoms. The number of rotatable bonds is 8. The Labute approximate surface area is 203 Å². The molecule has 0 aliphatic carbocycles. The number of hydrogen-bond acceptors (Lipinski definition) is 6. The van der Waals surface area contributed by atoms with Gasteiger partial charge in [-0.25, -0.2) is 4.98 Å². The summed E-state index contributed by atoms with van der Waals surface area (Å²) >= 11 is 7.75. The fraction of sp³-hybridized carbons (Fsp3) is 0.440. The van der Waals surface area contributed by atoms with Crippen LogP contribution in [0.2, 0.25) is 5.02 Å². The van der Waals surface area contributed by atoms with Crippen molar-refractivity contribution < 1.29 is 14.6 Å². The molecule has 0 radical (unpaired) electrons. The Morgan fingerprint density at radius 2 is 2.18 bits per heavy atom. The number of aryl methyl sites for hydroxylation is 1. The van der Waals surface area contributed by atoms with E-state index >= 15 is 0 Å². The molecule has 1 fully saturated rings. The van der Waals surface area contributed by atoms with E-state index in [0.29, 0.717) is 24.7 Å². The Kier molecular flexibility index (Phi) is 7.86. The molecule has 1 aromatic carbocycles. The van der Waals surface area contributed by atoms with Gasteiger partial charge in [-0.05, 0) is 56.0 Å². The van der Waals surface area contributed by atoms with Crippen LogP contribution in [0.5, 0.6) is 0 Å². The third-order valence-corrected chi connectivity index (χ3v) is 7.30. The molecule has 0 unspecified atom stereocenters. The van der Waals surface area contributed by atoms with Gasteiger partial charge in [0.15, 0.2) is 0 Å². The highest BCUT2D eigenvalue weighted by molar-refractivity contribution is 7.13. The van der Waals surface area contributed by atoms with E-state index in [2.05, 4.69) is 11.0 Å². The number of nitrogens with zero attached hydrogens (tertiary/aromatic N) is 3. The molecule has 4 rings (SSSR count). The van der Waals surface area contributed by atoms with Crippen LogP contribution in [-0.4, -0.2) is 60.9 Å². The zero-order valence-electron chi connectivity index (χ0n) is 19.1. The van der Waals surface area contributed by atoms with Crippen molar-refractivity contribution in [2.45, 2.75) is 26.3 Å². The van der Waals surface area contributed by atoms with E-state index in [9.17, 15) is 9.90 Å². The molecule has 0 bridgehead atoms. The van der Waals surface area contributed by atoms with Crippen molar-refractivity contribution in [1.29, 1.82) is 0 Å².